The highest BCUT2D eigenvalue weighted by molar-refractivity contribution is 6.30. The van der Waals surface area contributed by atoms with E-state index in [0.717, 1.165) is 11.1 Å². The molecule has 0 aliphatic carbocycles. The van der Waals surface area contributed by atoms with Crippen LogP contribution in [0.1, 0.15) is 23.7 Å². The first kappa shape index (κ1) is 20.2. The average Bonchev–Trinajstić information content (AvgIpc) is 3.08. The molecule has 4 rings (SSSR count). The molecule has 2 aromatic heterocycles. The van der Waals surface area contributed by atoms with Gasteiger partial charge < -0.3 is 0 Å². The van der Waals surface area contributed by atoms with Gasteiger partial charge in [-0.1, -0.05) is 54.1 Å². The third kappa shape index (κ3) is 3.71. The fourth-order valence-electron chi connectivity index (χ4n) is 3.84. The van der Waals surface area contributed by atoms with Crippen molar-refractivity contribution in [1.29, 1.82) is 0 Å². The molecule has 154 valence electrons. The molecule has 2 heterocycles. The maximum Gasteiger partial charge on any atom is 0.331 e. The maximum absolute atomic E-state index is 13.4. The highest BCUT2D eigenvalue weighted by Crippen LogP contribution is 2.17. The molecule has 30 heavy (non-hydrogen) atoms. The average molecular weight is 423 g/mol. The van der Waals surface area contributed by atoms with E-state index in [0.29, 0.717) is 47.8 Å². The van der Waals surface area contributed by atoms with Crippen molar-refractivity contribution in [1.82, 2.24) is 18.9 Å². The van der Waals surface area contributed by atoms with E-state index >= 15 is 0 Å². The lowest BCUT2D eigenvalue weighted by atomic mass is 10.1. The van der Waals surface area contributed by atoms with Crippen LogP contribution in [0.3, 0.4) is 0 Å². The molecule has 0 saturated carbocycles. The van der Waals surface area contributed by atoms with Crippen molar-refractivity contribution in [2.75, 3.05) is 0 Å². The van der Waals surface area contributed by atoms with E-state index in [4.69, 9.17) is 11.6 Å². The fourth-order valence-corrected chi connectivity index (χ4v) is 4.05. The molecular formula is C23H23ClN4O2. The Labute approximate surface area is 179 Å². The first-order valence-electron chi connectivity index (χ1n) is 9.98. The van der Waals surface area contributed by atoms with Crippen LogP contribution in [0.2, 0.25) is 5.02 Å². The van der Waals surface area contributed by atoms with E-state index in [-0.39, 0.29) is 11.2 Å². The number of rotatable bonds is 6. The quantitative estimate of drug-likeness (QED) is 0.476. The summed E-state index contributed by atoms with van der Waals surface area (Å²) in [5, 5.41) is 5.11. The number of aromatic nitrogens is 4. The van der Waals surface area contributed by atoms with Crippen LogP contribution >= 0.6 is 11.6 Å². The van der Waals surface area contributed by atoms with Gasteiger partial charge in [0.2, 0.25) is 0 Å². The van der Waals surface area contributed by atoms with Gasteiger partial charge in [-0.2, -0.15) is 5.10 Å². The summed E-state index contributed by atoms with van der Waals surface area (Å²) in [4.78, 5) is 26.7. The van der Waals surface area contributed by atoms with Crippen molar-refractivity contribution in [2.45, 2.75) is 39.9 Å². The number of aryl methyl sites for hydroxylation is 3. The summed E-state index contributed by atoms with van der Waals surface area (Å²) in [6, 6.07) is 17.2. The van der Waals surface area contributed by atoms with Crippen LogP contribution in [-0.4, -0.2) is 18.9 Å². The molecule has 0 bridgehead atoms. The van der Waals surface area contributed by atoms with Gasteiger partial charge in [0, 0.05) is 18.1 Å². The van der Waals surface area contributed by atoms with Crippen LogP contribution in [-0.2, 0) is 26.1 Å². The molecule has 0 atom stereocenters. The first-order valence-corrected chi connectivity index (χ1v) is 10.4. The van der Waals surface area contributed by atoms with Gasteiger partial charge >= 0.3 is 5.69 Å². The molecule has 0 fully saturated rings. The van der Waals surface area contributed by atoms with Crippen LogP contribution in [0, 0.1) is 6.92 Å². The summed E-state index contributed by atoms with van der Waals surface area (Å²) >= 11 is 6.14. The molecule has 6 nitrogen and oxygen atoms in total. The second-order valence-electron chi connectivity index (χ2n) is 7.29. The van der Waals surface area contributed by atoms with Crippen LogP contribution in [0.25, 0.3) is 11.0 Å². The van der Waals surface area contributed by atoms with Crippen molar-refractivity contribution in [3.8, 4) is 0 Å². The fraction of sp³-hybridized carbons (Fsp3) is 0.261. The summed E-state index contributed by atoms with van der Waals surface area (Å²) in [6.45, 7) is 4.94. The molecule has 0 aliphatic rings. The van der Waals surface area contributed by atoms with Crippen molar-refractivity contribution in [3.63, 3.8) is 0 Å². The third-order valence-corrected chi connectivity index (χ3v) is 5.51. The lowest BCUT2D eigenvalue weighted by Crippen LogP contribution is -2.41. The van der Waals surface area contributed by atoms with E-state index in [1.54, 1.807) is 15.3 Å². The lowest BCUT2D eigenvalue weighted by molar-refractivity contribution is 0.583. The Morgan fingerprint density at radius 1 is 0.933 bits per heavy atom. The van der Waals surface area contributed by atoms with Crippen molar-refractivity contribution < 1.29 is 0 Å². The van der Waals surface area contributed by atoms with Gasteiger partial charge in [0.15, 0.2) is 5.52 Å². The van der Waals surface area contributed by atoms with Crippen molar-refractivity contribution in [3.05, 3.63) is 97.3 Å². The number of halogens is 1. The molecule has 0 unspecified atom stereocenters. The number of benzene rings is 2. The van der Waals surface area contributed by atoms with Crippen molar-refractivity contribution in [2.24, 2.45) is 0 Å². The molecule has 4 aromatic rings. The Hall–Kier alpha value is -3.12. The summed E-state index contributed by atoms with van der Waals surface area (Å²) in [7, 11) is 0. The third-order valence-electron chi connectivity index (χ3n) is 5.27. The zero-order valence-electron chi connectivity index (χ0n) is 17.0. The van der Waals surface area contributed by atoms with Crippen LogP contribution in [0.15, 0.2) is 64.2 Å². The molecular weight excluding hydrogens is 400 g/mol. The second-order valence-corrected chi connectivity index (χ2v) is 7.73. The monoisotopic (exact) mass is 422 g/mol. The minimum absolute atomic E-state index is 0.296. The van der Waals surface area contributed by atoms with Gasteiger partial charge in [0.1, 0.15) is 0 Å². The Kier molecular flexibility index (Phi) is 5.59. The van der Waals surface area contributed by atoms with Gasteiger partial charge in [-0.05, 0) is 43.5 Å². The number of hydrogen-bond donors (Lipinski definition) is 0. The Morgan fingerprint density at radius 3 is 2.37 bits per heavy atom. The molecule has 0 radical (unpaired) electrons. The Morgan fingerprint density at radius 2 is 1.67 bits per heavy atom. The summed E-state index contributed by atoms with van der Waals surface area (Å²) in [5.41, 5.74) is 3.05. The largest absolute Gasteiger partial charge is 0.331 e. The highest BCUT2D eigenvalue weighted by atomic mass is 35.5. The van der Waals surface area contributed by atoms with Crippen LogP contribution in [0.4, 0.5) is 0 Å². The molecule has 2 aromatic carbocycles. The number of hydrogen-bond acceptors (Lipinski definition) is 3. The molecule has 7 heteroatoms. The SMILES string of the molecule is CCn1nc(C)c2c1c(=O)n(CCc1ccccc1)c(=O)n2Cc1cccc(Cl)c1. The number of nitrogens with zero attached hydrogens (tertiary/aromatic N) is 4. The van der Waals surface area contributed by atoms with E-state index in [1.165, 1.54) is 4.57 Å². The van der Waals surface area contributed by atoms with Gasteiger partial charge in [0.25, 0.3) is 5.56 Å². The molecule has 0 saturated heterocycles. The molecule has 0 spiro atoms. The van der Waals surface area contributed by atoms with Gasteiger partial charge in [-0.15, -0.1) is 0 Å². The lowest BCUT2D eigenvalue weighted by Gasteiger charge is -2.13. The predicted molar refractivity (Wildman–Crippen MR) is 119 cm³/mol. The highest BCUT2D eigenvalue weighted by Gasteiger charge is 2.20. The predicted octanol–water partition coefficient (Wildman–Crippen LogP) is 3.63. The van der Waals surface area contributed by atoms with Gasteiger partial charge in [-0.25, -0.2) is 4.79 Å². The normalized spacial score (nSPS) is 11.3. The first-order chi connectivity index (χ1) is 14.5. The molecule has 0 amide bonds. The second kappa shape index (κ2) is 8.32. The van der Waals surface area contributed by atoms with Crippen LogP contribution in [0.5, 0.6) is 0 Å². The van der Waals surface area contributed by atoms with E-state index in [9.17, 15) is 9.59 Å². The van der Waals surface area contributed by atoms with Crippen LogP contribution < -0.4 is 11.2 Å². The maximum atomic E-state index is 13.4. The summed E-state index contributed by atoms with van der Waals surface area (Å²) in [5.74, 6) is 0. The Balaban J connectivity index is 1.89. The number of fused-ring (bicyclic) bond motifs is 1. The minimum atomic E-state index is -0.331. The van der Waals surface area contributed by atoms with Crippen molar-refractivity contribution >= 4 is 22.6 Å². The van der Waals surface area contributed by atoms with Gasteiger partial charge in [-0.3, -0.25) is 18.6 Å². The smallest absolute Gasteiger partial charge is 0.285 e. The van der Waals surface area contributed by atoms with E-state index in [1.807, 2.05) is 62.4 Å². The molecule has 0 N–H and O–H groups in total. The topological polar surface area (TPSA) is 61.8 Å². The zero-order valence-corrected chi connectivity index (χ0v) is 17.8. The zero-order chi connectivity index (χ0) is 21.3. The summed E-state index contributed by atoms with van der Waals surface area (Å²) < 4.78 is 4.65. The standard InChI is InChI=1S/C23H23ClN4O2/c1-3-28-21-20(16(2)25-28)27(15-18-10-7-11-19(24)14-18)23(30)26(22(21)29)13-12-17-8-5-4-6-9-17/h4-11,14H,3,12-13,15H2,1-2H3. The Bertz CT molecular complexity index is 1320. The van der Waals surface area contributed by atoms with E-state index < -0.39 is 0 Å². The molecule has 0 aliphatic heterocycles. The summed E-state index contributed by atoms with van der Waals surface area (Å²) in [6.07, 6.45) is 0.595. The van der Waals surface area contributed by atoms with E-state index in [2.05, 4.69) is 5.10 Å². The minimum Gasteiger partial charge on any atom is -0.285 e. The van der Waals surface area contributed by atoms with Gasteiger partial charge in [0.05, 0.1) is 17.8 Å².